The Bertz CT molecular complexity index is 587. The first-order valence-corrected chi connectivity index (χ1v) is 7.74. The quantitative estimate of drug-likeness (QED) is 0.870. The summed E-state index contributed by atoms with van der Waals surface area (Å²) >= 11 is 0. The first-order chi connectivity index (χ1) is 10.4. The zero-order valence-corrected chi connectivity index (χ0v) is 12.1. The Morgan fingerprint density at radius 3 is 2.38 bits per heavy atom. The maximum Gasteiger partial charge on any atom is 0.137 e. The van der Waals surface area contributed by atoms with Gasteiger partial charge >= 0.3 is 0 Å². The van der Waals surface area contributed by atoms with Crippen LogP contribution in [-0.2, 0) is 0 Å². The molecule has 1 aromatic carbocycles. The number of rotatable bonds is 3. The smallest absolute Gasteiger partial charge is 0.137 e. The SMILES string of the molecule is N#Cc1ccc(C(c2ncn[nH]2)C2CCCCCC2)cc1. The van der Waals surface area contributed by atoms with Crippen molar-refractivity contribution in [2.45, 2.75) is 44.4 Å². The molecule has 108 valence electrons. The van der Waals surface area contributed by atoms with E-state index in [4.69, 9.17) is 5.26 Å². The molecule has 0 spiro atoms. The highest BCUT2D eigenvalue weighted by Gasteiger charge is 2.27. The van der Waals surface area contributed by atoms with Crippen molar-refractivity contribution in [3.8, 4) is 6.07 Å². The van der Waals surface area contributed by atoms with Gasteiger partial charge in [-0.25, -0.2) is 4.98 Å². The summed E-state index contributed by atoms with van der Waals surface area (Å²) < 4.78 is 0. The molecule has 0 radical (unpaired) electrons. The normalized spacial score (nSPS) is 17.9. The highest BCUT2D eigenvalue weighted by molar-refractivity contribution is 5.35. The molecule has 1 atom stereocenters. The number of hydrogen-bond donors (Lipinski definition) is 1. The Morgan fingerprint density at radius 1 is 1.10 bits per heavy atom. The van der Waals surface area contributed by atoms with Crippen molar-refractivity contribution >= 4 is 0 Å². The van der Waals surface area contributed by atoms with E-state index in [2.05, 4.69) is 33.4 Å². The Balaban J connectivity index is 1.93. The van der Waals surface area contributed by atoms with Crippen LogP contribution in [0.25, 0.3) is 0 Å². The molecule has 0 aliphatic heterocycles. The summed E-state index contributed by atoms with van der Waals surface area (Å²) in [5.41, 5.74) is 1.94. The van der Waals surface area contributed by atoms with Gasteiger partial charge in [0.15, 0.2) is 0 Å². The number of H-pyrrole nitrogens is 1. The molecule has 1 N–H and O–H groups in total. The van der Waals surface area contributed by atoms with E-state index in [9.17, 15) is 0 Å². The molecule has 1 heterocycles. The van der Waals surface area contributed by atoms with E-state index in [-0.39, 0.29) is 5.92 Å². The maximum atomic E-state index is 8.96. The molecule has 4 nitrogen and oxygen atoms in total. The molecule has 21 heavy (non-hydrogen) atoms. The number of nitrogens with zero attached hydrogens (tertiary/aromatic N) is 3. The topological polar surface area (TPSA) is 65.4 Å². The molecule has 1 aliphatic rings. The molecule has 1 unspecified atom stereocenters. The summed E-state index contributed by atoms with van der Waals surface area (Å²) in [5.74, 6) is 1.82. The Labute approximate surface area is 125 Å². The van der Waals surface area contributed by atoms with Gasteiger partial charge in [0, 0.05) is 5.92 Å². The van der Waals surface area contributed by atoms with Crippen LogP contribution in [0.15, 0.2) is 30.6 Å². The molecule has 1 fully saturated rings. The number of hydrogen-bond acceptors (Lipinski definition) is 3. The molecule has 3 rings (SSSR count). The van der Waals surface area contributed by atoms with Crippen LogP contribution in [0.4, 0.5) is 0 Å². The van der Waals surface area contributed by atoms with Crippen molar-refractivity contribution in [1.29, 1.82) is 5.26 Å². The zero-order chi connectivity index (χ0) is 14.5. The van der Waals surface area contributed by atoms with Gasteiger partial charge in [0.25, 0.3) is 0 Å². The highest BCUT2D eigenvalue weighted by atomic mass is 15.2. The van der Waals surface area contributed by atoms with Crippen molar-refractivity contribution in [3.05, 3.63) is 47.5 Å². The van der Waals surface area contributed by atoms with Gasteiger partial charge in [0.05, 0.1) is 11.6 Å². The van der Waals surface area contributed by atoms with E-state index in [1.807, 2.05) is 12.1 Å². The van der Waals surface area contributed by atoms with Crippen LogP contribution in [0.3, 0.4) is 0 Å². The van der Waals surface area contributed by atoms with Gasteiger partial charge in [-0.1, -0.05) is 37.8 Å². The largest absolute Gasteiger partial charge is 0.263 e. The van der Waals surface area contributed by atoms with Crippen LogP contribution in [0.1, 0.15) is 61.4 Å². The number of aromatic nitrogens is 3. The molecule has 0 amide bonds. The fraction of sp³-hybridized carbons (Fsp3) is 0.471. The lowest BCUT2D eigenvalue weighted by Crippen LogP contribution is -2.15. The van der Waals surface area contributed by atoms with E-state index in [0.29, 0.717) is 11.5 Å². The summed E-state index contributed by atoms with van der Waals surface area (Å²) in [6, 6.07) is 10.1. The second-order valence-electron chi connectivity index (χ2n) is 5.83. The van der Waals surface area contributed by atoms with Crippen molar-refractivity contribution in [2.24, 2.45) is 5.92 Å². The van der Waals surface area contributed by atoms with E-state index in [1.165, 1.54) is 44.1 Å². The summed E-state index contributed by atoms with van der Waals surface area (Å²) in [6.45, 7) is 0. The van der Waals surface area contributed by atoms with Crippen LogP contribution < -0.4 is 0 Å². The van der Waals surface area contributed by atoms with Crippen LogP contribution in [0.2, 0.25) is 0 Å². The highest BCUT2D eigenvalue weighted by Crippen LogP contribution is 2.38. The van der Waals surface area contributed by atoms with Crippen LogP contribution in [0, 0.1) is 17.2 Å². The van der Waals surface area contributed by atoms with E-state index in [0.717, 1.165) is 5.82 Å². The maximum absolute atomic E-state index is 8.96. The number of benzene rings is 1. The third-order valence-electron chi connectivity index (χ3n) is 4.50. The van der Waals surface area contributed by atoms with E-state index in [1.54, 1.807) is 6.33 Å². The summed E-state index contributed by atoms with van der Waals surface area (Å²) in [5, 5.41) is 16.0. The Hall–Kier alpha value is -2.15. The molecule has 1 aliphatic carbocycles. The van der Waals surface area contributed by atoms with Gasteiger partial charge in [-0.2, -0.15) is 10.4 Å². The second kappa shape index (κ2) is 6.53. The molecule has 4 heteroatoms. The van der Waals surface area contributed by atoms with Gasteiger partial charge in [0.2, 0.25) is 0 Å². The van der Waals surface area contributed by atoms with Crippen molar-refractivity contribution in [2.75, 3.05) is 0 Å². The average Bonchev–Trinajstić information content (AvgIpc) is 2.91. The third-order valence-corrected chi connectivity index (χ3v) is 4.50. The van der Waals surface area contributed by atoms with Crippen LogP contribution in [-0.4, -0.2) is 15.2 Å². The van der Waals surface area contributed by atoms with Gasteiger partial charge in [-0.15, -0.1) is 0 Å². The van der Waals surface area contributed by atoms with E-state index >= 15 is 0 Å². The summed E-state index contributed by atoms with van der Waals surface area (Å²) in [6.07, 6.45) is 9.34. The number of nitriles is 1. The van der Waals surface area contributed by atoms with Crippen molar-refractivity contribution in [3.63, 3.8) is 0 Å². The molecule has 0 bridgehead atoms. The number of nitrogens with one attached hydrogen (secondary N) is 1. The molecule has 2 aromatic rings. The van der Waals surface area contributed by atoms with Gasteiger partial charge in [0.1, 0.15) is 12.2 Å². The number of aromatic amines is 1. The fourth-order valence-corrected chi connectivity index (χ4v) is 3.43. The summed E-state index contributed by atoms with van der Waals surface area (Å²) in [4.78, 5) is 4.41. The lowest BCUT2D eigenvalue weighted by molar-refractivity contribution is 0.401. The Kier molecular flexibility index (Phi) is 4.30. The van der Waals surface area contributed by atoms with Gasteiger partial charge in [-0.3, -0.25) is 5.10 Å². The molecule has 1 saturated carbocycles. The van der Waals surface area contributed by atoms with Gasteiger partial charge in [-0.05, 0) is 36.5 Å². The minimum absolute atomic E-state index is 0.262. The molecule has 0 saturated heterocycles. The molecular formula is C17H20N4. The zero-order valence-electron chi connectivity index (χ0n) is 12.1. The lowest BCUT2D eigenvalue weighted by atomic mass is 9.80. The lowest BCUT2D eigenvalue weighted by Gasteiger charge is -2.24. The van der Waals surface area contributed by atoms with Crippen molar-refractivity contribution < 1.29 is 0 Å². The predicted octanol–water partition coefficient (Wildman–Crippen LogP) is 3.78. The second-order valence-corrected chi connectivity index (χ2v) is 5.83. The first kappa shape index (κ1) is 13.8. The third kappa shape index (κ3) is 3.13. The predicted molar refractivity (Wildman–Crippen MR) is 80.6 cm³/mol. The Morgan fingerprint density at radius 2 is 1.81 bits per heavy atom. The van der Waals surface area contributed by atoms with Gasteiger partial charge < -0.3 is 0 Å². The monoisotopic (exact) mass is 280 g/mol. The molecule has 1 aromatic heterocycles. The molecular weight excluding hydrogens is 260 g/mol. The van der Waals surface area contributed by atoms with Crippen LogP contribution >= 0.6 is 0 Å². The fourth-order valence-electron chi connectivity index (χ4n) is 3.43. The minimum atomic E-state index is 0.262. The van der Waals surface area contributed by atoms with Crippen LogP contribution in [0.5, 0.6) is 0 Å². The first-order valence-electron chi connectivity index (χ1n) is 7.74. The van der Waals surface area contributed by atoms with E-state index < -0.39 is 0 Å². The standard InChI is InChI=1S/C17H20N4/c18-11-13-7-9-15(10-8-13)16(17-19-12-20-21-17)14-5-3-1-2-4-6-14/h7-10,12,14,16H,1-6H2,(H,19,20,21). The van der Waals surface area contributed by atoms with Crippen molar-refractivity contribution in [1.82, 2.24) is 15.2 Å². The minimum Gasteiger partial charge on any atom is -0.263 e. The summed E-state index contributed by atoms with van der Waals surface area (Å²) in [7, 11) is 0. The average molecular weight is 280 g/mol.